The fourth-order valence-corrected chi connectivity index (χ4v) is 4.10. The average molecular weight is 471 g/mol. The Labute approximate surface area is 205 Å². The van der Waals surface area contributed by atoms with Crippen LogP contribution in [0.3, 0.4) is 0 Å². The Kier molecular flexibility index (Phi) is 7.83. The lowest BCUT2D eigenvalue weighted by atomic mass is 10.1. The van der Waals surface area contributed by atoms with Crippen LogP contribution in [-0.4, -0.2) is 30.5 Å². The van der Waals surface area contributed by atoms with Gasteiger partial charge in [-0.1, -0.05) is 48.5 Å². The van der Waals surface area contributed by atoms with Crippen molar-refractivity contribution in [2.75, 3.05) is 25.0 Å². The molecule has 3 aromatic carbocycles. The zero-order valence-electron chi connectivity index (χ0n) is 20.1. The summed E-state index contributed by atoms with van der Waals surface area (Å²) in [7, 11) is 0. The molecule has 6 heteroatoms. The van der Waals surface area contributed by atoms with E-state index in [-0.39, 0.29) is 12.5 Å². The van der Waals surface area contributed by atoms with E-state index in [2.05, 4.69) is 11.4 Å². The number of anilines is 1. The molecule has 1 heterocycles. The maximum atomic E-state index is 13.1. The summed E-state index contributed by atoms with van der Waals surface area (Å²) in [4.78, 5) is 26.8. The number of ether oxygens (including phenoxy) is 1. The van der Waals surface area contributed by atoms with Crippen LogP contribution in [0, 0.1) is 13.8 Å². The first kappa shape index (κ1) is 24.1. The molecule has 0 saturated carbocycles. The van der Waals surface area contributed by atoms with Gasteiger partial charge in [-0.2, -0.15) is 0 Å². The molecule has 1 N–H and O–H groups in total. The molecule has 0 aliphatic carbocycles. The van der Waals surface area contributed by atoms with Crippen LogP contribution in [0.2, 0.25) is 0 Å². The first-order valence-corrected chi connectivity index (χ1v) is 11.8. The van der Waals surface area contributed by atoms with Crippen LogP contribution in [0.4, 0.5) is 5.69 Å². The van der Waals surface area contributed by atoms with Crippen LogP contribution in [-0.2, 0) is 11.3 Å². The van der Waals surface area contributed by atoms with Crippen LogP contribution in [0.15, 0.2) is 88.1 Å². The lowest BCUT2D eigenvalue weighted by Gasteiger charge is -2.23. The number of hydrogen-bond acceptors (Lipinski definition) is 5. The van der Waals surface area contributed by atoms with E-state index in [1.54, 1.807) is 6.07 Å². The van der Waals surface area contributed by atoms with Crippen molar-refractivity contribution in [1.29, 1.82) is 0 Å². The highest BCUT2D eigenvalue weighted by Crippen LogP contribution is 2.21. The van der Waals surface area contributed by atoms with Gasteiger partial charge in [-0.05, 0) is 61.2 Å². The zero-order chi connectivity index (χ0) is 24.6. The van der Waals surface area contributed by atoms with Crippen LogP contribution < -0.4 is 15.7 Å². The molecule has 0 radical (unpaired) electrons. The monoisotopic (exact) mass is 470 g/mol. The summed E-state index contributed by atoms with van der Waals surface area (Å²) in [5.74, 6) is 0.630. The van der Waals surface area contributed by atoms with Gasteiger partial charge < -0.3 is 19.4 Å². The Bertz CT molecular complexity index is 1330. The average Bonchev–Trinajstić information content (AvgIpc) is 2.84. The number of carbonyl (C=O) groups is 1. The van der Waals surface area contributed by atoms with Crippen molar-refractivity contribution in [3.05, 3.63) is 106 Å². The Morgan fingerprint density at radius 2 is 1.66 bits per heavy atom. The molecule has 0 unspecified atom stereocenters. The zero-order valence-corrected chi connectivity index (χ0v) is 20.1. The standard InChI is InChI=1S/C29H30N2O4/c1-21-15-22(2)17-24(16-21)34-20-28(32)31(19-23-9-4-3-5-10-23)14-8-13-30-26-18-29(33)35-27-12-7-6-11-25(26)27/h3-7,9-12,15-18,30H,8,13-14,19-20H2,1-2H3. The normalized spacial score (nSPS) is 10.8. The summed E-state index contributed by atoms with van der Waals surface area (Å²) < 4.78 is 11.1. The lowest BCUT2D eigenvalue weighted by molar-refractivity contribution is -0.134. The van der Waals surface area contributed by atoms with Gasteiger partial charge in [-0.15, -0.1) is 0 Å². The first-order valence-electron chi connectivity index (χ1n) is 11.8. The number of nitrogens with one attached hydrogen (secondary N) is 1. The molecule has 0 spiro atoms. The van der Waals surface area contributed by atoms with E-state index < -0.39 is 5.63 Å². The molecule has 6 nitrogen and oxygen atoms in total. The fraction of sp³-hybridized carbons (Fsp3) is 0.241. The molecule has 0 fully saturated rings. The summed E-state index contributed by atoms with van der Waals surface area (Å²) >= 11 is 0. The first-order chi connectivity index (χ1) is 17.0. The SMILES string of the molecule is Cc1cc(C)cc(OCC(=O)N(CCCNc2cc(=O)oc3ccccc23)Cc2ccccc2)c1. The molecule has 4 rings (SSSR count). The van der Waals surface area contributed by atoms with Gasteiger partial charge in [0.1, 0.15) is 11.3 Å². The minimum absolute atomic E-state index is 0.0203. The predicted molar refractivity (Wildman–Crippen MR) is 139 cm³/mol. The van der Waals surface area contributed by atoms with Gasteiger partial charge in [0.25, 0.3) is 5.91 Å². The molecule has 180 valence electrons. The van der Waals surface area contributed by atoms with E-state index in [9.17, 15) is 9.59 Å². The van der Waals surface area contributed by atoms with Crippen molar-refractivity contribution >= 4 is 22.6 Å². The number of nitrogens with zero attached hydrogens (tertiary/aromatic N) is 1. The van der Waals surface area contributed by atoms with E-state index >= 15 is 0 Å². The topological polar surface area (TPSA) is 71.8 Å². The van der Waals surface area contributed by atoms with Crippen molar-refractivity contribution < 1.29 is 13.9 Å². The third-order valence-corrected chi connectivity index (χ3v) is 5.70. The van der Waals surface area contributed by atoms with Gasteiger partial charge in [-0.25, -0.2) is 4.79 Å². The number of para-hydroxylation sites is 1. The highest BCUT2D eigenvalue weighted by Gasteiger charge is 2.15. The summed E-state index contributed by atoms with van der Waals surface area (Å²) in [6.07, 6.45) is 0.705. The van der Waals surface area contributed by atoms with Gasteiger partial charge in [0.15, 0.2) is 6.61 Å². The number of rotatable bonds is 10. The summed E-state index contributed by atoms with van der Waals surface area (Å²) in [6, 6.07) is 24.8. The molecule has 0 aliphatic rings. The van der Waals surface area contributed by atoms with Crippen LogP contribution in [0.5, 0.6) is 5.75 Å². The van der Waals surface area contributed by atoms with Crippen LogP contribution >= 0.6 is 0 Å². The van der Waals surface area contributed by atoms with Gasteiger partial charge in [0.05, 0.1) is 5.69 Å². The van der Waals surface area contributed by atoms with E-state index in [1.165, 1.54) is 6.07 Å². The molecule has 1 amide bonds. The number of hydrogen-bond donors (Lipinski definition) is 1. The number of carbonyl (C=O) groups excluding carboxylic acids is 1. The third kappa shape index (κ3) is 6.73. The van der Waals surface area contributed by atoms with Gasteiger partial charge >= 0.3 is 5.63 Å². The van der Waals surface area contributed by atoms with Gasteiger partial charge in [-0.3, -0.25) is 4.79 Å². The number of amides is 1. The largest absolute Gasteiger partial charge is 0.484 e. The maximum absolute atomic E-state index is 13.1. The van der Waals surface area contributed by atoms with Crippen molar-refractivity contribution in [3.8, 4) is 5.75 Å². The molecule has 35 heavy (non-hydrogen) atoms. The minimum atomic E-state index is -0.393. The summed E-state index contributed by atoms with van der Waals surface area (Å²) in [6.45, 7) is 5.66. The Balaban J connectivity index is 1.39. The van der Waals surface area contributed by atoms with E-state index in [4.69, 9.17) is 9.15 Å². The predicted octanol–water partition coefficient (Wildman–Crippen LogP) is 5.32. The second-order valence-electron chi connectivity index (χ2n) is 8.67. The maximum Gasteiger partial charge on any atom is 0.338 e. The highest BCUT2D eigenvalue weighted by atomic mass is 16.5. The molecule has 0 bridgehead atoms. The van der Waals surface area contributed by atoms with Crippen molar-refractivity contribution in [1.82, 2.24) is 4.90 Å². The van der Waals surface area contributed by atoms with Gasteiger partial charge in [0.2, 0.25) is 0 Å². The van der Waals surface area contributed by atoms with Crippen LogP contribution in [0.1, 0.15) is 23.1 Å². The molecular formula is C29H30N2O4. The Hall–Kier alpha value is -4.06. The molecule has 0 saturated heterocycles. The van der Waals surface area contributed by atoms with E-state index in [0.29, 0.717) is 37.4 Å². The molecule has 0 atom stereocenters. The minimum Gasteiger partial charge on any atom is -0.484 e. The summed E-state index contributed by atoms with van der Waals surface area (Å²) in [5.41, 5.74) is 4.15. The third-order valence-electron chi connectivity index (χ3n) is 5.70. The second-order valence-corrected chi connectivity index (χ2v) is 8.67. The smallest absolute Gasteiger partial charge is 0.338 e. The van der Waals surface area contributed by atoms with E-state index in [0.717, 1.165) is 27.8 Å². The summed E-state index contributed by atoms with van der Waals surface area (Å²) in [5, 5.41) is 4.18. The Morgan fingerprint density at radius 3 is 2.43 bits per heavy atom. The number of fused-ring (bicyclic) bond motifs is 1. The van der Waals surface area contributed by atoms with Gasteiger partial charge in [0, 0.05) is 31.1 Å². The number of benzene rings is 3. The Morgan fingerprint density at radius 1 is 0.943 bits per heavy atom. The van der Waals surface area contributed by atoms with Crippen molar-refractivity contribution in [2.24, 2.45) is 0 Å². The van der Waals surface area contributed by atoms with Crippen molar-refractivity contribution in [3.63, 3.8) is 0 Å². The molecule has 4 aromatic rings. The molecule has 1 aromatic heterocycles. The van der Waals surface area contributed by atoms with Crippen molar-refractivity contribution in [2.45, 2.75) is 26.8 Å². The highest BCUT2D eigenvalue weighted by molar-refractivity contribution is 5.89. The quantitative estimate of drug-likeness (QED) is 0.251. The number of aryl methyl sites for hydroxylation is 2. The molecule has 0 aliphatic heterocycles. The van der Waals surface area contributed by atoms with Crippen LogP contribution in [0.25, 0.3) is 11.0 Å². The van der Waals surface area contributed by atoms with E-state index in [1.807, 2.05) is 79.4 Å². The fourth-order valence-electron chi connectivity index (χ4n) is 4.10. The lowest BCUT2D eigenvalue weighted by Crippen LogP contribution is -2.36. The second kappa shape index (κ2) is 11.4. The molecular weight excluding hydrogens is 440 g/mol.